The number of aliphatic carboxylic acids is 2. The molecule has 0 bridgehead atoms. The number of hydrogen-bond donors (Lipinski definition) is 3. The van der Waals surface area contributed by atoms with Gasteiger partial charge in [0.25, 0.3) is 0 Å². The van der Waals surface area contributed by atoms with Crippen LogP contribution >= 0.6 is 0 Å². The summed E-state index contributed by atoms with van der Waals surface area (Å²) in [5, 5.41) is 18.5. The highest BCUT2D eigenvalue weighted by Crippen LogP contribution is 2.44. The number of ether oxygens (including phenoxy) is 4. The van der Waals surface area contributed by atoms with E-state index in [9.17, 15) is 4.79 Å². The smallest absolute Gasteiger partial charge is 0.414 e. The van der Waals surface area contributed by atoms with E-state index in [4.69, 9.17) is 38.7 Å². The lowest BCUT2D eigenvalue weighted by Crippen LogP contribution is -2.46. The van der Waals surface area contributed by atoms with Crippen molar-refractivity contribution < 1.29 is 43.5 Å². The minimum Gasteiger partial charge on any atom is -0.497 e. The topological polar surface area (TPSA) is 141 Å². The maximum absolute atomic E-state index is 13.2. The zero-order valence-corrected chi connectivity index (χ0v) is 20.5. The average Bonchev–Trinajstić information content (AvgIpc) is 2.87. The molecule has 0 spiro atoms. The van der Waals surface area contributed by atoms with Crippen molar-refractivity contribution in [1.29, 1.82) is 0 Å². The molecule has 0 radical (unpaired) electrons. The van der Waals surface area contributed by atoms with Crippen LogP contribution in [0.25, 0.3) is 0 Å². The van der Waals surface area contributed by atoms with Crippen molar-refractivity contribution in [2.75, 3.05) is 28.4 Å². The van der Waals surface area contributed by atoms with Crippen LogP contribution in [0.15, 0.2) is 36.4 Å². The highest BCUT2D eigenvalue weighted by molar-refractivity contribution is 6.27. The molecule has 2 aromatic carbocycles. The van der Waals surface area contributed by atoms with Crippen LogP contribution in [-0.2, 0) is 14.4 Å². The van der Waals surface area contributed by atoms with Crippen LogP contribution in [-0.4, -0.2) is 56.4 Å². The Bertz CT molecular complexity index is 987. The summed E-state index contributed by atoms with van der Waals surface area (Å²) >= 11 is 0. The number of carbonyl (C=O) groups is 3. The van der Waals surface area contributed by atoms with E-state index in [0.29, 0.717) is 23.0 Å². The minimum absolute atomic E-state index is 0.198. The molecule has 1 aliphatic rings. The van der Waals surface area contributed by atoms with Crippen molar-refractivity contribution in [2.24, 2.45) is 11.8 Å². The van der Waals surface area contributed by atoms with E-state index in [0.717, 1.165) is 11.1 Å². The second-order valence-electron chi connectivity index (χ2n) is 7.93. The Hall–Kier alpha value is -3.79. The van der Waals surface area contributed by atoms with Crippen molar-refractivity contribution in [2.45, 2.75) is 25.9 Å². The highest BCUT2D eigenvalue weighted by atomic mass is 16.5. The standard InChI is InChI=1S/C23H29NO5.C2H2O4/c1-13-21(17-9-7-15(26-3)11-19(17)28-5)24-22(14(2)23(13)25)18-10-8-16(27-4)12-20(18)29-6;3-1(4)2(5)6/h7-14,21-22,24H,1-6H3;(H,3,4)(H,5,6). The van der Waals surface area contributed by atoms with Crippen LogP contribution in [0.4, 0.5) is 0 Å². The molecule has 4 unspecified atom stereocenters. The number of methoxy groups -OCH3 is 4. The molecule has 10 nitrogen and oxygen atoms in total. The van der Waals surface area contributed by atoms with Gasteiger partial charge in [-0.15, -0.1) is 0 Å². The number of benzene rings is 2. The quantitative estimate of drug-likeness (QED) is 0.518. The maximum atomic E-state index is 13.2. The molecule has 0 saturated carbocycles. The average molecular weight is 490 g/mol. The minimum atomic E-state index is -1.82. The van der Waals surface area contributed by atoms with Crippen molar-refractivity contribution in [3.63, 3.8) is 0 Å². The molecular weight excluding hydrogens is 458 g/mol. The third-order valence-corrected chi connectivity index (χ3v) is 5.99. The summed E-state index contributed by atoms with van der Waals surface area (Å²) in [4.78, 5) is 31.4. The normalized spacial score (nSPS) is 21.3. The number of nitrogens with one attached hydrogen (secondary N) is 1. The van der Waals surface area contributed by atoms with E-state index < -0.39 is 11.9 Å². The summed E-state index contributed by atoms with van der Waals surface area (Å²) in [6, 6.07) is 11.0. The number of piperidine rings is 1. The van der Waals surface area contributed by atoms with E-state index in [2.05, 4.69) is 5.32 Å². The summed E-state index contributed by atoms with van der Waals surface area (Å²) in [5.41, 5.74) is 1.86. The van der Waals surface area contributed by atoms with Crippen LogP contribution in [0.2, 0.25) is 0 Å². The number of Topliss-reactive ketones (excluding diaryl/α,β-unsaturated/α-hetero) is 1. The molecule has 10 heteroatoms. The van der Waals surface area contributed by atoms with Gasteiger partial charge in [0, 0.05) is 47.2 Å². The van der Waals surface area contributed by atoms with Gasteiger partial charge in [-0.25, -0.2) is 9.59 Å². The number of carbonyl (C=O) groups excluding carboxylic acids is 1. The third kappa shape index (κ3) is 6.21. The highest BCUT2D eigenvalue weighted by Gasteiger charge is 2.42. The van der Waals surface area contributed by atoms with Crippen molar-refractivity contribution in [3.8, 4) is 23.0 Å². The van der Waals surface area contributed by atoms with E-state index in [1.165, 1.54) is 0 Å². The Kier molecular flexibility index (Phi) is 9.47. The second kappa shape index (κ2) is 12.1. The number of hydrogen-bond acceptors (Lipinski definition) is 8. The van der Waals surface area contributed by atoms with E-state index in [-0.39, 0.29) is 29.7 Å². The Balaban J connectivity index is 0.000000641. The number of ketones is 1. The van der Waals surface area contributed by atoms with Crippen LogP contribution < -0.4 is 24.3 Å². The predicted molar refractivity (Wildman–Crippen MR) is 126 cm³/mol. The summed E-state index contributed by atoms with van der Waals surface area (Å²) in [6.45, 7) is 3.92. The number of carboxylic acids is 2. The van der Waals surface area contributed by atoms with E-state index >= 15 is 0 Å². The Morgan fingerprint density at radius 3 is 1.37 bits per heavy atom. The zero-order valence-electron chi connectivity index (χ0n) is 20.5. The van der Waals surface area contributed by atoms with Gasteiger partial charge in [0.1, 0.15) is 28.8 Å². The first-order valence-corrected chi connectivity index (χ1v) is 10.8. The number of carboxylic acid groups (broad SMARTS) is 2. The van der Waals surface area contributed by atoms with Gasteiger partial charge in [0.05, 0.1) is 28.4 Å². The summed E-state index contributed by atoms with van der Waals surface area (Å²) in [5.74, 6) is -1.04. The van der Waals surface area contributed by atoms with Gasteiger partial charge in [0.2, 0.25) is 0 Å². The van der Waals surface area contributed by atoms with Crippen molar-refractivity contribution in [3.05, 3.63) is 47.5 Å². The second-order valence-corrected chi connectivity index (χ2v) is 7.93. The van der Waals surface area contributed by atoms with Crippen LogP contribution in [0.3, 0.4) is 0 Å². The van der Waals surface area contributed by atoms with Crippen LogP contribution in [0, 0.1) is 11.8 Å². The zero-order chi connectivity index (χ0) is 26.3. The van der Waals surface area contributed by atoms with Gasteiger partial charge in [-0.2, -0.15) is 0 Å². The van der Waals surface area contributed by atoms with Gasteiger partial charge in [-0.05, 0) is 12.1 Å². The molecule has 0 aliphatic carbocycles. The predicted octanol–water partition coefficient (Wildman–Crippen LogP) is 3.10. The molecule has 1 heterocycles. The fourth-order valence-electron chi connectivity index (χ4n) is 4.09. The molecule has 190 valence electrons. The molecule has 0 aromatic heterocycles. The molecule has 35 heavy (non-hydrogen) atoms. The Morgan fingerprint density at radius 2 is 1.09 bits per heavy atom. The first-order chi connectivity index (χ1) is 16.6. The molecule has 1 aliphatic heterocycles. The molecule has 3 N–H and O–H groups in total. The molecule has 0 amide bonds. The van der Waals surface area contributed by atoms with Gasteiger partial charge in [-0.1, -0.05) is 26.0 Å². The first kappa shape index (κ1) is 27.5. The molecule has 3 rings (SSSR count). The van der Waals surface area contributed by atoms with Crippen molar-refractivity contribution in [1.82, 2.24) is 5.32 Å². The molecule has 4 atom stereocenters. The Morgan fingerprint density at radius 1 is 0.714 bits per heavy atom. The van der Waals surface area contributed by atoms with Crippen molar-refractivity contribution >= 4 is 17.7 Å². The maximum Gasteiger partial charge on any atom is 0.414 e. The lowest BCUT2D eigenvalue weighted by atomic mass is 9.76. The summed E-state index contributed by atoms with van der Waals surface area (Å²) in [6.07, 6.45) is 0. The first-order valence-electron chi connectivity index (χ1n) is 10.8. The molecule has 1 saturated heterocycles. The fourth-order valence-corrected chi connectivity index (χ4v) is 4.09. The van der Waals surface area contributed by atoms with Gasteiger partial charge < -0.3 is 34.5 Å². The molecular formula is C25H31NO9. The van der Waals surface area contributed by atoms with E-state index in [1.54, 1.807) is 28.4 Å². The monoisotopic (exact) mass is 489 g/mol. The fraction of sp³-hybridized carbons (Fsp3) is 0.400. The summed E-state index contributed by atoms with van der Waals surface area (Å²) < 4.78 is 21.8. The SMILES string of the molecule is COc1ccc(C2NC(c3ccc(OC)cc3OC)C(C)C(=O)C2C)c(OC)c1.O=C(O)C(=O)O. The molecule has 1 fully saturated rings. The lowest BCUT2D eigenvalue weighted by Gasteiger charge is -2.40. The Labute approximate surface area is 203 Å². The number of rotatable bonds is 6. The van der Waals surface area contributed by atoms with Crippen LogP contribution in [0.5, 0.6) is 23.0 Å². The largest absolute Gasteiger partial charge is 0.497 e. The van der Waals surface area contributed by atoms with Gasteiger partial charge in [-0.3, -0.25) is 4.79 Å². The molecule has 2 aromatic rings. The van der Waals surface area contributed by atoms with Gasteiger partial charge in [0.15, 0.2) is 0 Å². The lowest BCUT2D eigenvalue weighted by molar-refractivity contribution is -0.159. The van der Waals surface area contributed by atoms with Crippen LogP contribution in [0.1, 0.15) is 37.1 Å². The summed E-state index contributed by atoms with van der Waals surface area (Å²) in [7, 11) is 6.49. The van der Waals surface area contributed by atoms with E-state index in [1.807, 2.05) is 50.2 Å². The third-order valence-electron chi connectivity index (χ3n) is 5.99. The van der Waals surface area contributed by atoms with Gasteiger partial charge >= 0.3 is 11.9 Å².